The minimum atomic E-state index is -0.953. The van der Waals surface area contributed by atoms with E-state index in [0.717, 1.165) is 11.1 Å². The fourth-order valence-corrected chi connectivity index (χ4v) is 1.70. The smallest absolute Gasteiger partial charge is 0.345 e. The van der Waals surface area contributed by atoms with Gasteiger partial charge in [0, 0.05) is 10.9 Å². The van der Waals surface area contributed by atoms with Crippen molar-refractivity contribution in [2.24, 2.45) is 5.92 Å². The first-order valence-electron chi connectivity index (χ1n) is 5.49. The number of hydrogen-bond donors (Lipinski definition) is 1. The van der Waals surface area contributed by atoms with Gasteiger partial charge in [0.15, 0.2) is 6.10 Å². The van der Waals surface area contributed by atoms with Gasteiger partial charge in [-0.3, -0.25) is 0 Å². The van der Waals surface area contributed by atoms with Crippen molar-refractivity contribution in [1.82, 2.24) is 0 Å². The standard InChI is InChI=1S/C13H17ClO3/c1-7(2)12(13(15)16)17-10-5-8(3)11(14)9(4)6-10/h5-7,12H,1-4H3,(H,15,16). The molecule has 1 aromatic rings. The van der Waals surface area contributed by atoms with Gasteiger partial charge in [0.05, 0.1) is 0 Å². The molecular formula is C13H17ClO3. The minimum absolute atomic E-state index is 0.0937. The second-order valence-corrected chi connectivity index (χ2v) is 4.87. The molecule has 94 valence electrons. The second-order valence-electron chi connectivity index (χ2n) is 4.49. The molecule has 17 heavy (non-hydrogen) atoms. The summed E-state index contributed by atoms with van der Waals surface area (Å²) < 4.78 is 5.50. The van der Waals surface area contributed by atoms with Gasteiger partial charge in [-0.15, -0.1) is 0 Å². The molecular weight excluding hydrogens is 240 g/mol. The largest absolute Gasteiger partial charge is 0.478 e. The van der Waals surface area contributed by atoms with Gasteiger partial charge in [-0.2, -0.15) is 0 Å². The zero-order valence-electron chi connectivity index (χ0n) is 10.5. The van der Waals surface area contributed by atoms with Crippen molar-refractivity contribution in [3.05, 3.63) is 28.3 Å². The van der Waals surface area contributed by atoms with Crippen LogP contribution in [0.5, 0.6) is 5.75 Å². The Morgan fingerprint density at radius 1 is 1.29 bits per heavy atom. The second kappa shape index (κ2) is 5.41. The van der Waals surface area contributed by atoms with Crippen molar-refractivity contribution < 1.29 is 14.6 Å². The quantitative estimate of drug-likeness (QED) is 0.898. The van der Waals surface area contributed by atoms with E-state index in [2.05, 4.69) is 0 Å². The van der Waals surface area contributed by atoms with Crippen LogP contribution in [0.4, 0.5) is 0 Å². The molecule has 0 aliphatic heterocycles. The monoisotopic (exact) mass is 256 g/mol. The van der Waals surface area contributed by atoms with E-state index in [1.807, 2.05) is 27.7 Å². The summed E-state index contributed by atoms with van der Waals surface area (Å²) in [6.45, 7) is 7.36. The van der Waals surface area contributed by atoms with Crippen LogP contribution in [0.2, 0.25) is 5.02 Å². The molecule has 1 atom stereocenters. The zero-order chi connectivity index (χ0) is 13.2. The average Bonchev–Trinajstić information content (AvgIpc) is 2.21. The van der Waals surface area contributed by atoms with Crippen LogP contribution >= 0.6 is 11.6 Å². The van der Waals surface area contributed by atoms with Crippen LogP contribution in [0.3, 0.4) is 0 Å². The van der Waals surface area contributed by atoms with Crippen LogP contribution in [0, 0.1) is 19.8 Å². The van der Waals surface area contributed by atoms with E-state index in [4.69, 9.17) is 21.4 Å². The number of carboxylic acid groups (broad SMARTS) is 1. The highest BCUT2D eigenvalue weighted by atomic mass is 35.5. The Hall–Kier alpha value is -1.22. The first-order chi connectivity index (χ1) is 7.82. The Balaban J connectivity index is 2.98. The predicted molar refractivity (Wildman–Crippen MR) is 67.8 cm³/mol. The molecule has 0 saturated carbocycles. The molecule has 1 rings (SSSR count). The minimum Gasteiger partial charge on any atom is -0.478 e. The Morgan fingerprint density at radius 3 is 2.12 bits per heavy atom. The van der Waals surface area contributed by atoms with Crippen molar-refractivity contribution >= 4 is 17.6 Å². The molecule has 1 unspecified atom stereocenters. The Labute approximate surface area is 106 Å². The lowest BCUT2D eigenvalue weighted by atomic mass is 10.1. The van der Waals surface area contributed by atoms with Crippen LogP contribution < -0.4 is 4.74 Å². The summed E-state index contributed by atoms with van der Waals surface area (Å²) in [5.74, 6) is -0.500. The molecule has 3 nitrogen and oxygen atoms in total. The predicted octanol–water partition coefficient (Wildman–Crippen LogP) is 3.44. The fourth-order valence-electron chi connectivity index (χ4n) is 1.59. The number of aryl methyl sites for hydroxylation is 2. The molecule has 1 N–H and O–H groups in total. The molecule has 4 heteroatoms. The first-order valence-corrected chi connectivity index (χ1v) is 5.87. The number of halogens is 1. The zero-order valence-corrected chi connectivity index (χ0v) is 11.2. The van der Waals surface area contributed by atoms with Gasteiger partial charge in [0.1, 0.15) is 5.75 Å². The highest BCUT2D eigenvalue weighted by Gasteiger charge is 2.23. The lowest BCUT2D eigenvalue weighted by molar-refractivity contribution is -0.147. The van der Waals surface area contributed by atoms with E-state index in [1.165, 1.54) is 0 Å². The number of ether oxygens (including phenoxy) is 1. The van der Waals surface area contributed by atoms with E-state index in [-0.39, 0.29) is 5.92 Å². The Bertz CT molecular complexity index is 404. The van der Waals surface area contributed by atoms with Crippen LogP contribution in [0.1, 0.15) is 25.0 Å². The molecule has 0 fully saturated rings. The van der Waals surface area contributed by atoms with Crippen LogP contribution in [0.25, 0.3) is 0 Å². The first kappa shape index (κ1) is 13.8. The average molecular weight is 257 g/mol. The number of benzene rings is 1. The summed E-state index contributed by atoms with van der Waals surface area (Å²) in [6.07, 6.45) is -0.838. The maximum atomic E-state index is 11.0. The molecule has 0 saturated heterocycles. The van der Waals surface area contributed by atoms with Crippen LogP contribution in [0.15, 0.2) is 12.1 Å². The SMILES string of the molecule is Cc1cc(OC(C(=O)O)C(C)C)cc(C)c1Cl. The van der Waals surface area contributed by atoms with Crippen LogP contribution in [-0.2, 0) is 4.79 Å². The van der Waals surface area contributed by atoms with Crippen molar-refractivity contribution in [2.45, 2.75) is 33.8 Å². The number of rotatable bonds is 4. The summed E-state index contributed by atoms with van der Waals surface area (Å²) in [6, 6.07) is 3.52. The third-order valence-electron chi connectivity index (χ3n) is 2.52. The van der Waals surface area contributed by atoms with Crippen molar-refractivity contribution in [3.63, 3.8) is 0 Å². The molecule has 0 aliphatic carbocycles. The summed E-state index contributed by atoms with van der Waals surface area (Å²) in [7, 11) is 0. The highest BCUT2D eigenvalue weighted by Crippen LogP contribution is 2.27. The summed E-state index contributed by atoms with van der Waals surface area (Å²) in [5.41, 5.74) is 1.77. The Morgan fingerprint density at radius 2 is 1.76 bits per heavy atom. The number of aliphatic carboxylic acids is 1. The van der Waals surface area contributed by atoms with Gasteiger partial charge < -0.3 is 9.84 Å². The number of hydrogen-bond acceptors (Lipinski definition) is 2. The number of carbonyl (C=O) groups is 1. The molecule has 0 aromatic heterocycles. The molecule has 0 amide bonds. The maximum absolute atomic E-state index is 11.0. The van der Waals surface area contributed by atoms with Gasteiger partial charge >= 0.3 is 5.97 Å². The highest BCUT2D eigenvalue weighted by molar-refractivity contribution is 6.32. The van der Waals surface area contributed by atoms with Gasteiger partial charge in [0.25, 0.3) is 0 Å². The fraction of sp³-hybridized carbons (Fsp3) is 0.462. The van der Waals surface area contributed by atoms with E-state index in [1.54, 1.807) is 12.1 Å². The van der Waals surface area contributed by atoms with E-state index < -0.39 is 12.1 Å². The number of carboxylic acids is 1. The summed E-state index contributed by atoms with van der Waals surface area (Å²) >= 11 is 6.04. The summed E-state index contributed by atoms with van der Waals surface area (Å²) in [4.78, 5) is 11.0. The third-order valence-corrected chi connectivity index (χ3v) is 3.12. The van der Waals surface area contributed by atoms with E-state index in [9.17, 15) is 4.79 Å². The lowest BCUT2D eigenvalue weighted by Crippen LogP contribution is -2.32. The molecule has 1 aromatic carbocycles. The van der Waals surface area contributed by atoms with Crippen molar-refractivity contribution in [2.75, 3.05) is 0 Å². The topological polar surface area (TPSA) is 46.5 Å². The normalized spacial score (nSPS) is 12.6. The molecule has 0 aliphatic rings. The van der Waals surface area contributed by atoms with E-state index >= 15 is 0 Å². The summed E-state index contributed by atoms with van der Waals surface area (Å²) in [5, 5.41) is 9.74. The molecule has 0 radical (unpaired) electrons. The van der Waals surface area contributed by atoms with E-state index in [0.29, 0.717) is 10.8 Å². The van der Waals surface area contributed by atoms with Gasteiger partial charge in [-0.1, -0.05) is 25.4 Å². The Kier molecular flexibility index (Phi) is 4.40. The van der Waals surface area contributed by atoms with Gasteiger partial charge in [-0.25, -0.2) is 4.79 Å². The molecule has 0 heterocycles. The van der Waals surface area contributed by atoms with Gasteiger partial charge in [-0.05, 0) is 37.1 Å². The maximum Gasteiger partial charge on any atom is 0.345 e. The van der Waals surface area contributed by atoms with Crippen molar-refractivity contribution in [3.8, 4) is 5.75 Å². The van der Waals surface area contributed by atoms with Crippen LogP contribution in [-0.4, -0.2) is 17.2 Å². The molecule has 0 bridgehead atoms. The molecule has 0 spiro atoms. The van der Waals surface area contributed by atoms with Gasteiger partial charge in [0.2, 0.25) is 0 Å². The van der Waals surface area contributed by atoms with Crippen molar-refractivity contribution in [1.29, 1.82) is 0 Å². The lowest BCUT2D eigenvalue weighted by Gasteiger charge is -2.19. The third kappa shape index (κ3) is 3.37.